The molecule has 0 bridgehead atoms. The van der Waals surface area contributed by atoms with E-state index in [1.165, 1.54) is 0 Å². The largest absolute Gasteiger partial charge is 0.389 e. The summed E-state index contributed by atoms with van der Waals surface area (Å²) in [6.07, 6.45) is 3.89. The zero-order valence-corrected chi connectivity index (χ0v) is 12.7. The first-order valence-electron chi connectivity index (χ1n) is 7.61. The number of hydrogen-bond acceptors (Lipinski definition) is 2. The van der Waals surface area contributed by atoms with Gasteiger partial charge < -0.3 is 10.4 Å². The lowest BCUT2D eigenvalue weighted by Gasteiger charge is -2.36. The van der Waals surface area contributed by atoms with Crippen LogP contribution in [0.4, 0.5) is 4.39 Å². The Morgan fingerprint density at radius 1 is 1.40 bits per heavy atom. The molecule has 0 heterocycles. The number of hydrogen-bond donors (Lipinski definition) is 2. The van der Waals surface area contributed by atoms with Gasteiger partial charge in [0.1, 0.15) is 5.82 Å². The second-order valence-electron chi connectivity index (χ2n) is 6.52. The molecule has 0 aliphatic heterocycles. The molecule has 1 unspecified atom stereocenters. The third-order valence-electron chi connectivity index (χ3n) is 4.64. The molecule has 0 radical (unpaired) electrons. The van der Waals surface area contributed by atoms with Gasteiger partial charge in [-0.2, -0.15) is 0 Å². The van der Waals surface area contributed by atoms with Crippen LogP contribution in [-0.4, -0.2) is 17.3 Å². The molecule has 1 fully saturated rings. The van der Waals surface area contributed by atoms with E-state index in [9.17, 15) is 9.50 Å². The Kier molecular flexibility index (Phi) is 4.82. The van der Waals surface area contributed by atoms with Crippen LogP contribution in [-0.2, 0) is 0 Å². The molecule has 1 atom stereocenters. The minimum Gasteiger partial charge on any atom is -0.389 e. The highest BCUT2D eigenvalue weighted by molar-refractivity contribution is 5.25. The van der Waals surface area contributed by atoms with Gasteiger partial charge in [0.25, 0.3) is 0 Å². The van der Waals surface area contributed by atoms with Crippen molar-refractivity contribution in [1.29, 1.82) is 0 Å². The maximum Gasteiger partial charge on any atom is 0.126 e. The summed E-state index contributed by atoms with van der Waals surface area (Å²) in [6.45, 7) is 6.60. The summed E-state index contributed by atoms with van der Waals surface area (Å²) in [7, 11) is 0. The minimum absolute atomic E-state index is 0.0495. The van der Waals surface area contributed by atoms with Crippen molar-refractivity contribution in [3.63, 3.8) is 0 Å². The van der Waals surface area contributed by atoms with Gasteiger partial charge in [0.2, 0.25) is 0 Å². The number of halogens is 1. The lowest BCUT2D eigenvalue weighted by atomic mass is 9.79. The number of aliphatic hydroxyl groups is 1. The molecule has 0 aromatic heterocycles. The van der Waals surface area contributed by atoms with E-state index in [1.807, 2.05) is 13.0 Å². The number of rotatable bonds is 4. The van der Waals surface area contributed by atoms with Gasteiger partial charge in [0.05, 0.1) is 5.60 Å². The summed E-state index contributed by atoms with van der Waals surface area (Å²) < 4.78 is 13.6. The highest BCUT2D eigenvalue weighted by atomic mass is 19.1. The van der Waals surface area contributed by atoms with Gasteiger partial charge in [-0.05, 0) is 62.6 Å². The van der Waals surface area contributed by atoms with E-state index in [0.717, 1.165) is 37.2 Å². The molecular weight excluding hydrogens is 253 g/mol. The van der Waals surface area contributed by atoms with Crippen molar-refractivity contribution in [2.45, 2.75) is 58.1 Å². The first kappa shape index (κ1) is 15.5. The first-order chi connectivity index (χ1) is 9.39. The van der Waals surface area contributed by atoms with Crippen molar-refractivity contribution in [1.82, 2.24) is 5.32 Å². The smallest absolute Gasteiger partial charge is 0.126 e. The fourth-order valence-electron chi connectivity index (χ4n) is 2.82. The molecule has 1 saturated carbocycles. The monoisotopic (exact) mass is 279 g/mol. The van der Waals surface area contributed by atoms with Crippen molar-refractivity contribution in [3.05, 3.63) is 35.1 Å². The Hall–Kier alpha value is -0.930. The third-order valence-corrected chi connectivity index (χ3v) is 4.64. The van der Waals surface area contributed by atoms with E-state index < -0.39 is 5.60 Å². The Balaban J connectivity index is 1.91. The Morgan fingerprint density at radius 3 is 2.65 bits per heavy atom. The molecule has 2 N–H and O–H groups in total. The van der Waals surface area contributed by atoms with Crippen LogP contribution >= 0.6 is 0 Å². The maximum absolute atomic E-state index is 13.6. The minimum atomic E-state index is -0.593. The predicted molar refractivity (Wildman–Crippen MR) is 80.1 cm³/mol. The molecule has 0 amide bonds. The zero-order chi connectivity index (χ0) is 14.8. The summed E-state index contributed by atoms with van der Waals surface area (Å²) in [5, 5.41) is 13.9. The van der Waals surface area contributed by atoms with Gasteiger partial charge in [-0.1, -0.05) is 19.1 Å². The van der Waals surface area contributed by atoms with Crippen LogP contribution in [0.15, 0.2) is 18.2 Å². The van der Waals surface area contributed by atoms with Crippen molar-refractivity contribution < 1.29 is 9.50 Å². The molecule has 0 saturated heterocycles. The number of aryl methyl sites for hydroxylation is 1. The summed E-state index contributed by atoms with van der Waals surface area (Å²) >= 11 is 0. The molecule has 20 heavy (non-hydrogen) atoms. The molecule has 1 aliphatic rings. The molecular formula is C17H26FNO. The summed E-state index contributed by atoms with van der Waals surface area (Å²) in [6, 6.07) is 5.39. The fourth-order valence-corrected chi connectivity index (χ4v) is 2.82. The Morgan fingerprint density at radius 2 is 2.05 bits per heavy atom. The van der Waals surface area contributed by atoms with Crippen molar-refractivity contribution in [2.75, 3.05) is 6.54 Å². The summed E-state index contributed by atoms with van der Waals surface area (Å²) in [5.74, 6) is 0.556. The Bertz CT molecular complexity index is 452. The van der Waals surface area contributed by atoms with Gasteiger partial charge in [0.15, 0.2) is 0 Å². The van der Waals surface area contributed by atoms with Gasteiger partial charge in [0, 0.05) is 12.6 Å². The topological polar surface area (TPSA) is 32.3 Å². The van der Waals surface area contributed by atoms with E-state index in [-0.39, 0.29) is 11.9 Å². The molecule has 1 aromatic rings. The van der Waals surface area contributed by atoms with E-state index in [4.69, 9.17) is 0 Å². The van der Waals surface area contributed by atoms with Crippen molar-refractivity contribution in [2.24, 2.45) is 5.92 Å². The van der Waals surface area contributed by atoms with E-state index in [0.29, 0.717) is 12.1 Å². The van der Waals surface area contributed by atoms with Crippen LogP contribution in [0.1, 0.15) is 56.7 Å². The van der Waals surface area contributed by atoms with Crippen LogP contribution in [0.3, 0.4) is 0 Å². The molecule has 112 valence electrons. The van der Waals surface area contributed by atoms with E-state index in [1.54, 1.807) is 19.1 Å². The van der Waals surface area contributed by atoms with Crippen molar-refractivity contribution >= 4 is 0 Å². The molecule has 1 aromatic carbocycles. The van der Waals surface area contributed by atoms with Crippen LogP contribution < -0.4 is 5.32 Å². The normalized spacial score (nSPS) is 28.4. The van der Waals surface area contributed by atoms with E-state index in [2.05, 4.69) is 12.2 Å². The quantitative estimate of drug-likeness (QED) is 0.880. The molecule has 1 aliphatic carbocycles. The Labute approximate surface area is 121 Å². The molecule has 3 heteroatoms. The SMILES string of the molecule is Cc1ccc(C(C)NCC2(O)CCC(C)CC2)cc1F. The van der Waals surface area contributed by atoms with Crippen molar-refractivity contribution in [3.8, 4) is 0 Å². The molecule has 2 nitrogen and oxygen atoms in total. The molecule has 0 spiro atoms. The fraction of sp³-hybridized carbons (Fsp3) is 0.647. The maximum atomic E-state index is 13.6. The van der Waals surface area contributed by atoms with Gasteiger partial charge in [-0.25, -0.2) is 4.39 Å². The van der Waals surface area contributed by atoms with Crippen LogP contribution in [0.5, 0.6) is 0 Å². The second-order valence-corrected chi connectivity index (χ2v) is 6.52. The van der Waals surface area contributed by atoms with Gasteiger partial charge >= 0.3 is 0 Å². The average Bonchev–Trinajstić information content (AvgIpc) is 2.43. The van der Waals surface area contributed by atoms with E-state index >= 15 is 0 Å². The molecule has 2 rings (SSSR count). The van der Waals surface area contributed by atoms with Gasteiger partial charge in [-0.15, -0.1) is 0 Å². The number of nitrogens with one attached hydrogen (secondary N) is 1. The van der Waals surface area contributed by atoms with Crippen LogP contribution in [0.25, 0.3) is 0 Å². The standard InChI is InChI=1S/C17H26FNO/c1-12-6-8-17(20,9-7-12)11-19-14(3)15-5-4-13(2)16(18)10-15/h4-5,10,12,14,19-20H,6-9,11H2,1-3H3. The summed E-state index contributed by atoms with van der Waals surface area (Å²) in [5.41, 5.74) is 1.01. The first-order valence-corrected chi connectivity index (χ1v) is 7.61. The summed E-state index contributed by atoms with van der Waals surface area (Å²) in [4.78, 5) is 0. The third kappa shape index (κ3) is 3.80. The lowest BCUT2D eigenvalue weighted by molar-refractivity contribution is -0.00784. The second kappa shape index (κ2) is 6.23. The van der Waals surface area contributed by atoms with Crippen LogP contribution in [0.2, 0.25) is 0 Å². The van der Waals surface area contributed by atoms with Crippen LogP contribution in [0, 0.1) is 18.7 Å². The predicted octanol–water partition coefficient (Wildman–Crippen LogP) is 3.73. The highest BCUT2D eigenvalue weighted by Crippen LogP contribution is 2.31. The average molecular weight is 279 g/mol. The number of benzene rings is 1. The van der Waals surface area contributed by atoms with Gasteiger partial charge in [-0.3, -0.25) is 0 Å². The zero-order valence-electron chi connectivity index (χ0n) is 12.7. The highest BCUT2D eigenvalue weighted by Gasteiger charge is 2.31. The lowest BCUT2D eigenvalue weighted by Crippen LogP contribution is -2.44.